The van der Waals surface area contributed by atoms with E-state index < -0.39 is 15.9 Å². The van der Waals surface area contributed by atoms with Gasteiger partial charge in [0.25, 0.3) is 5.91 Å². The van der Waals surface area contributed by atoms with Crippen LogP contribution in [0.5, 0.6) is 0 Å². The Bertz CT molecular complexity index is 1140. The molecule has 2 N–H and O–H groups in total. The number of sulfonamides is 1. The molecule has 162 valence electrons. The normalized spacial score (nSPS) is 15.5. The topological polar surface area (TPSA) is 78.5 Å². The van der Waals surface area contributed by atoms with Gasteiger partial charge in [0.05, 0.1) is 0 Å². The van der Waals surface area contributed by atoms with Crippen LogP contribution in [-0.2, 0) is 10.0 Å². The highest BCUT2D eigenvalue weighted by molar-refractivity contribution is 7.89. The van der Waals surface area contributed by atoms with Crippen molar-refractivity contribution in [1.29, 1.82) is 0 Å². The minimum absolute atomic E-state index is 0.0897. The highest BCUT2D eigenvalue weighted by Gasteiger charge is 2.31. The van der Waals surface area contributed by atoms with Gasteiger partial charge in [0, 0.05) is 30.5 Å². The molecule has 1 atom stereocenters. The second-order valence-electron chi connectivity index (χ2n) is 7.53. The maximum atomic E-state index is 12.9. The first kappa shape index (κ1) is 21.5. The molecule has 1 aliphatic rings. The monoisotopic (exact) mass is 455 g/mol. The Morgan fingerprint density at radius 3 is 2.29 bits per heavy atom. The molecule has 0 aliphatic carbocycles. The van der Waals surface area contributed by atoms with Crippen LogP contribution < -0.4 is 10.6 Å². The van der Waals surface area contributed by atoms with Gasteiger partial charge < -0.3 is 10.6 Å². The SMILES string of the molecule is CC(Nc1ccc(NC(=O)c2sccc2S(=O)(=O)N2CCCC2)cc1)c1ccccc1. The molecule has 1 unspecified atom stereocenters. The van der Waals surface area contributed by atoms with Gasteiger partial charge in [0.2, 0.25) is 10.0 Å². The molecule has 1 amide bonds. The van der Waals surface area contributed by atoms with E-state index in [1.165, 1.54) is 15.9 Å². The van der Waals surface area contributed by atoms with Crippen molar-refractivity contribution in [3.8, 4) is 0 Å². The minimum Gasteiger partial charge on any atom is -0.379 e. The van der Waals surface area contributed by atoms with E-state index in [1.807, 2.05) is 30.3 Å². The predicted octanol–water partition coefficient (Wildman–Crippen LogP) is 4.96. The second-order valence-corrected chi connectivity index (χ2v) is 10.4. The maximum Gasteiger partial charge on any atom is 0.267 e. The number of hydrogen-bond donors (Lipinski definition) is 2. The molecule has 1 fully saturated rings. The van der Waals surface area contributed by atoms with E-state index in [1.54, 1.807) is 17.5 Å². The van der Waals surface area contributed by atoms with E-state index in [9.17, 15) is 13.2 Å². The number of hydrogen-bond acceptors (Lipinski definition) is 5. The van der Waals surface area contributed by atoms with Gasteiger partial charge in [-0.1, -0.05) is 30.3 Å². The van der Waals surface area contributed by atoms with E-state index in [0.717, 1.165) is 29.9 Å². The number of carbonyl (C=O) groups excluding carboxylic acids is 1. The first-order chi connectivity index (χ1) is 14.9. The van der Waals surface area contributed by atoms with Gasteiger partial charge in [-0.3, -0.25) is 4.79 Å². The van der Waals surface area contributed by atoms with Crippen LogP contribution in [0.25, 0.3) is 0 Å². The average molecular weight is 456 g/mol. The standard InChI is InChI=1S/C23H25N3O3S2/c1-17(18-7-3-2-4-8-18)24-19-9-11-20(12-10-19)25-23(27)22-21(13-16-30-22)31(28,29)26-14-5-6-15-26/h2-4,7-13,16-17,24H,5-6,14-15H2,1H3,(H,25,27). The summed E-state index contributed by atoms with van der Waals surface area (Å²) in [4.78, 5) is 13.1. The largest absolute Gasteiger partial charge is 0.379 e. The van der Waals surface area contributed by atoms with Gasteiger partial charge in [0.15, 0.2) is 0 Å². The zero-order valence-corrected chi connectivity index (χ0v) is 18.9. The molecule has 31 heavy (non-hydrogen) atoms. The number of thiophene rings is 1. The van der Waals surface area contributed by atoms with Crippen LogP contribution in [0.3, 0.4) is 0 Å². The summed E-state index contributed by atoms with van der Waals surface area (Å²) in [7, 11) is -3.64. The quantitative estimate of drug-likeness (QED) is 0.528. The Labute approximate surface area is 187 Å². The third-order valence-corrected chi connectivity index (χ3v) is 8.33. The van der Waals surface area contributed by atoms with E-state index in [-0.39, 0.29) is 15.8 Å². The molecular weight excluding hydrogens is 430 g/mol. The molecule has 4 rings (SSSR count). The third kappa shape index (κ3) is 4.81. The highest BCUT2D eigenvalue weighted by Crippen LogP contribution is 2.28. The molecule has 0 bridgehead atoms. The van der Waals surface area contributed by atoms with Crippen molar-refractivity contribution in [3.63, 3.8) is 0 Å². The number of nitrogens with zero attached hydrogens (tertiary/aromatic N) is 1. The fraction of sp³-hybridized carbons (Fsp3) is 0.261. The lowest BCUT2D eigenvalue weighted by atomic mass is 10.1. The number of amides is 1. The second kappa shape index (κ2) is 9.21. The summed E-state index contributed by atoms with van der Waals surface area (Å²) >= 11 is 1.14. The lowest BCUT2D eigenvalue weighted by Gasteiger charge is -2.16. The summed E-state index contributed by atoms with van der Waals surface area (Å²) in [6, 6.07) is 19.2. The Morgan fingerprint density at radius 2 is 1.61 bits per heavy atom. The summed E-state index contributed by atoms with van der Waals surface area (Å²) in [6.07, 6.45) is 1.71. The molecule has 3 aromatic rings. The molecule has 1 aromatic heterocycles. The molecule has 1 saturated heterocycles. The van der Waals surface area contributed by atoms with Crippen LogP contribution in [0, 0.1) is 0 Å². The molecule has 1 aliphatic heterocycles. The number of benzene rings is 2. The number of carbonyl (C=O) groups is 1. The van der Waals surface area contributed by atoms with Crippen molar-refractivity contribution < 1.29 is 13.2 Å². The van der Waals surface area contributed by atoms with E-state index in [2.05, 4.69) is 29.7 Å². The Kier molecular flexibility index (Phi) is 6.41. The maximum absolute atomic E-state index is 12.9. The number of nitrogens with one attached hydrogen (secondary N) is 2. The van der Waals surface area contributed by atoms with Crippen molar-refractivity contribution in [2.24, 2.45) is 0 Å². The zero-order chi connectivity index (χ0) is 21.8. The van der Waals surface area contributed by atoms with Gasteiger partial charge >= 0.3 is 0 Å². The van der Waals surface area contributed by atoms with Gasteiger partial charge in [-0.2, -0.15) is 4.31 Å². The van der Waals surface area contributed by atoms with Crippen molar-refractivity contribution >= 4 is 38.6 Å². The summed E-state index contributed by atoms with van der Waals surface area (Å²) in [5.41, 5.74) is 2.73. The smallest absolute Gasteiger partial charge is 0.267 e. The predicted molar refractivity (Wildman–Crippen MR) is 125 cm³/mol. The summed E-state index contributed by atoms with van der Waals surface area (Å²) in [6.45, 7) is 3.11. The molecule has 6 nitrogen and oxygen atoms in total. The van der Waals surface area contributed by atoms with Gasteiger partial charge in [-0.15, -0.1) is 11.3 Å². The molecule has 0 radical (unpaired) electrons. The lowest BCUT2D eigenvalue weighted by molar-refractivity contribution is 0.102. The molecule has 2 heterocycles. The number of anilines is 2. The van der Waals surface area contributed by atoms with Gasteiger partial charge in [-0.05, 0) is 61.0 Å². The van der Waals surface area contributed by atoms with Crippen LogP contribution in [0.2, 0.25) is 0 Å². The van der Waals surface area contributed by atoms with Crippen LogP contribution in [0.15, 0.2) is 70.9 Å². The first-order valence-corrected chi connectivity index (χ1v) is 12.6. The Morgan fingerprint density at radius 1 is 0.968 bits per heavy atom. The summed E-state index contributed by atoms with van der Waals surface area (Å²) in [5.74, 6) is -0.411. The Balaban J connectivity index is 1.43. The molecule has 0 spiro atoms. The zero-order valence-electron chi connectivity index (χ0n) is 17.2. The Hall–Kier alpha value is -2.68. The van der Waals surface area contributed by atoms with Crippen molar-refractivity contribution in [2.75, 3.05) is 23.7 Å². The summed E-state index contributed by atoms with van der Waals surface area (Å²) < 4.78 is 27.2. The van der Waals surface area contributed by atoms with Crippen molar-refractivity contribution in [1.82, 2.24) is 4.31 Å². The molecule has 0 saturated carbocycles. The summed E-state index contributed by atoms with van der Waals surface area (Å²) in [5, 5.41) is 7.90. The van der Waals surface area contributed by atoms with Crippen LogP contribution in [0.1, 0.15) is 41.0 Å². The molecule has 2 aromatic carbocycles. The average Bonchev–Trinajstić information content (AvgIpc) is 3.48. The van der Waals surface area contributed by atoms with E-state index in [4.69, 9.17) is 0 Å². The number of rotatable bonds is 7. The first-order valence-electron chi connectivity index (χ1n) is 10.3. The molecule has 8 heteroatoms. The lowest BCUT2D eigenvalue weighted by Crippen LogP contribution is -2.29. The van der Waals surface area contributed by atoms with Gasteiger partial charge in [0.1, 0.15) is 9.77 Å². The van der Waals surface area contributed by atoms with Crippen LogP contribution in [-0.4, -0.2) is 31.7 Å². The van der Waals surface area contributed by atoms with Crippen LogP contribution >= 0.6 is 11.3 Å². The third-order valence-electron chi connectivity index (χ3n) is 5.34. The highest BCUT2D eigenvalue weighted by atomic mass is 32.2. The van der Waals surface area contributed by atoms with Crippen molar-refractivity contribution in [2.45, 2.75) is 30.7 Å². The van der Waals surface area contributed by atoms with E-state index >= 15 is 0 Å². The fourth-order valence-electron chi connectivity index (χ4n) is 3.65. The minimum atomic E-state index is -3.64. The fourth-order valence-corrected chi connectivity index (χ4v) is 6.46. The van der Waals surface area contributed by atoms with E-state index in [0.29, 0.717) is 18.8 Å². The van der Waals surface area contributed by atoms with Crippen LogP contribution in [0.4, 0.5) is 11.4 Å². The molecular formula is C23H25N3O3S2. The van der Waals surface area contributed by atoms with Crippen molar-refractivity contribution in [3.05, 3.63) is 76.5 Å². The van der Waals surface area contributed by atoms with Gasteiger partial charge in [-0.25, -0.2) is 8.42 Å².